The maximum atomic E-state index is 13.9. The second-order valence-corrected chi connectivity index (χ2v) is 5.94. The SMILES string of the molecule is CCC(C)NC(=NCC(=O)N(C)C)NC(C)c1ccc(F)cc1F. The highest BCUT2D eigenvalue weighted by atomic mass is 19.1. The van der Waals surface area contributed by atoms with Gasteiger partial charge in [0.25, 0.3) is 0 Å². The molecule has 0 aliphatic heterocycles. The zero-order valence-electron chi connectivity index (χ0n) is 14.9. The van der Waals surface area contributed by atoms with Crippen molar-refractivity contribution in [3.05, 3.63) is 35.4 Å². The van der Waals surface area contributed by atoms with Crippen molar-refractivity contribution in [2.24, 2.45) is 4.99 Å². The monoisotopic (exact) mass is 340 g/mol. The molecular formula is C17H26F2N4O. The highest BCUT2D eigenvalue weighted by Gasteiger charge is 2.15. The Kier molecular flexibility index (Phi) is 7.61. The average Bonchev–Trinajstić information content (AvgIpc) is 2.51. The Bertz CT molecular complexity index is 590. The fraction of sp³-hybridized carbons (Fsp3) is 0.529. The molecule has 24 heavy (non-hydrogen) atoms. The predicted molar refractivity (Wildman–Crippen MR) is 91.8 cm³/mol. The van der Waals surface area contributed by atoms with Crippen molar-refractivity contribution < 1.29 is 13.6 Å². The molecule has 7 heteroatoms. The molecule has 2 unspecified atom stereocenters. The second-order valence-electron chi connectivity index (χ2n) is 5.94. The molecule has 0 saturated heterocycles. The van der Waals surface area contributed by atoms with Crippen LogP contribution in [0.15, 0.2) is 23.2 Å². The first-order chi connectivity index (χ1) is 11.2. The maximum absolute atomic E-state index is 13.9. The van der Waals surface area contributed by atoms with Gasteiger partial charge in [-0.25, -0.2) is 13.8 Å². The van der Waals surface area contributed by atoms with Crippen LogP contribution in [0, 0.1) is 11.6 Å². The molecule has 0 aromatic heterocycles. The second kappa shape index (κ2) is 9.20. The normalized spacial score (nSPS) is 14.0. The van der Waals surface area contributed by atoms with Gasteiger partial charge >= 0.3 is 0 Å². The van der Waals surface area contributed by atoms with E-state index in [1.54, 1.807) is 21.0 Å². The van der Waals surface area contributed by atoms with E-state index in [4.69, 9.17) is 0 Å². The minimum absolute atomic E-state index is 0.0165. The number of hydrogen-bond donors (Lipinski definition) is 2. The summed E-state index contributed by atoms with van der Waals surface area (Å²) in [5.74, 6) is -0.967. The molecule has 0 saturated carbocycles. The van der Waals surface area contributed by atoms with Crippen LogP contribution < -0.4 is 10.6 Å². The largest absolute Gasteiger partial charge is 0.354 e. The number of amides is 1. The van der Waals surface area contributed by atoms with E-state index in [2.05, 4.69) is 15.6 Å². The van der Waals surface area contributed by atoms with E-state index < -0.39 is 17.7 Å². The van der Waals surface area contributed by atoms with Crippen LogP contribution in [0.1, 0.15) is 38.8 Å². The Morgan fingerprint density at radius 1 is 1.25 bits per heavy atom. The average molecular weight is 340 g/mol. The number of hydrogen-bond acceptors (Lipinski definition) is 2. The lowest BCUT2D eigenvalue weighted by Gasteiger charge is -2.22. The lowest BCUT2D eigenvalue weighted by molar-refractivity contribution is -0.127. The first kappa shape index (κ1) is 19.9. The fourth-order valence-electron chi connectivity index (χ4n) is 1.89. The van der Waals surface area contributed by atoms with Crippen molar-refractivity contribution in [1.82, 2.24) is 15.5 Å². The molecule has 0 spiro atoms. The lowest BCUT2D eigenvalue weighted by Crippen LogP contribution is -2.43. The van der Waals surface area contributed by atoms with Crippen LogP contribution in [-0.4, -0.2) is 43.4 Å². The standard InChI is InChI=1S/C17H26F2N4O/c1-6-11(2)21-17(20-10-16(24)23(4)5)22-12(3)14-8-7-13(18)9-15(14)19/h7-9,11-12H,6,10H2,1-5H3,(H2,20,21,22). The maximum Gasteiger partial charge on any atom is 0.243 e. The molecule has 1 rings (SSSR count). The topological polar surface area (TPSA) is 56.7 Å². The van der Waals surface area contributed by atoms with E-state index in [9.17, 15) is 13.6 Å². The summed E-state index contributed by atoms with van der Waals surface area (Å²) in [6, 6.07) is 3.16. The van der Waals surface area contributed by atoms with Crippen molar-refractivity contribution in [3.63, 3.8) is 0 Å². The zero-order chi connectivity index (χ0) is 18.3. The summed E-state index contributed by atoms with van der Waals surface area (Å²) in [6.45, 7) is 5.73. The van der Waals surface area contributed by atoms with Crippen LogP contribution in [0.3, 0.4) is 0 Å². The van der Waals surface area contributed by atoms with E-state index in [0.29, 0.717) is 11.5 Å². The third-order valence-electron chi connectivity index (χ3n) is 3.65. The van der Waals surface area contributed by atoms with Gasteiger partial charge < -0.3 is 15.5 Å². The molecule has 2 N–H and O–H groups in total. The summed E-state index contributed by atoms with van der Waals surface area (Å²) in [5.41, 5.74) is 0.328. The molecule has 2 atom stereocenters. The minimum atomic E-state index is -0.623. The third-order valence-corrected chi connectivity index (χ3v) is 3.65. The molecule has 0 aliphatic rings. The number of nitrogens with one attached hydrogen (secondary N) is 2. The molecule has 0 aliphatic carbocycles. The number of likely N-dealkylation sites (N-methyl/N-ethyl adjacent to an activating group) is 1. The van der Waals surface area contributed by atoms with Crippen molar-refractivity contribution in [2.75, 3.05) is 20.6 Å². The van der Waals surface area contributed by atoms with Gasteiger partial charge in [0.15, 0.2) is 5.96 Å². The summed E-state index contributed by atoms with van der Waals surface area (Å²) in [5, 5.41) is 6.22. The van der Waals surface area contributed by atoms with Gasteiger partial charge in [-0.2, -0.15) is 0 Å². The Balaban J connectivity index is 2.90. The van der Waals surface area contributed by atoms with E-state index in [0.717, 1.165) is 12.5 Å². The van der Waals surface area contributed by atoms with Crippen molar-refractivity contribution in [3.8, 4) is 0 Å². The Hall–Kier alpha value is -2.18. The highest BCUT2D eigenvalue weighted by molar-refractivity contribution is 5.85. The van der Waals surface area contributed by atoms with Gasteiger partial charge in [-0.3, -0.25) is 4.79 Å². The molecule has 0 heterocycles. The van der Waals surface area contributed by atoms with Crippen LogP contribution in [0.4, 0.5) is 8.78 Å². The van der Waals surface area contributed by atoms with Gasteiger partial charge in [-0.1, -0.05) is 13.0 Å². The molecule has 1 aromatic rings. The van der Waals surface area contributed by atoms with Crippen LogP contribution in [0.2, 0.25) is 0 Å². The molecule has 134 valence electrons. The van der Waals surface area contributed by atoms with Gasteiger partial charge in [0.2, 0.25) is 5.91 Å². The number of nitrogens with zero attached hydrogens (tertiary/aromatic N) is 2. The molecule has 1 amide bonds. The fourth-order valence-corrected chi connectivity index (χ4v) is 1.89. The number of rotatable bonds is 6. The first-order valence-corrected chi connectivity index (χ1v) is 7.97. The van der Waals surface area contributed by atoms with Gasteiger partial charge in [0, 0.05) is 31.8 Å². The number of guanidine groups is 1. The summed E-state index contributed by atoms with van der Waals surface area (Å²) in [6.07, 6.45) is 0.863. The van der Waals surface area contributed by atoms with Gasteiger partial charge in [-0.15, -0.1) is 0 Å². The minimum Gasteiger partial charge on any atom is -0.354 e. The van der Waals surface area contributed by atoms with Crippen LogP contribution >= 0.6 is 0 Å². The van der Waals surface area contributed by atoms with Crippen molar-refractivity contribution in [2.45, 2.75) is 39.3 Å². The molecule has 5 nitrogen and oxygen atoms in total. The Morgan fingerprint density at radius 3 is 2.46 bits per heavy atom. The van der Waals surface area contributed by atoms with Gasteiger partial charge in [0.1, 0.15) is 18.2 Å². The molecule has 1 aromatic carbocycles. The number of benzene rings is 1. The Morgan fingerprint density at radius 2 is 1.92 bits per heavy atom. The van der Waals surface area contributed by atoms with E-state index in [-0.39, 0.29) is 18.5 Å². The third kappa shape index (κ3) is 6.14. The first-order valence-electron chi connectivity index (χ1n) is 7.97. The highest BCUT2D eigenvalue weighted by Crippen LogP contribution is 2.17. The Labute approximate surface area is 142 Å². The molecule has 0 radical (unpaired) electrons. The van der Waals surface area contributed by atoms with Gasteiger partial charge in [-0.05, 0) is 26.3 Å². The molecule has 0 fully saturated rings. The summed E-state index contributed by atoms with van der Waals surface area (Å²) >= 11 is 0. The van der Waals surface area contributed by atoms with Crippen molar-refractivity contribution >= 4 is 11.9 Å². The summed E-state index contributed by atoms with van der Waals surface area (Å²) < 4.78 is 26.9. The number of halogens is 2. The lowest BCUT2D eigenvalue weighted by atomic mass is 10.1. The van der Waals surface area contributed by atoms with Crippen LogP contribution in [0.5, 0.6) is 0 Å². The van der Waals surface area contributed by atoms with E-state index in [1.807, 2.05) is 13.8 Å². The van der Waals surface area contributed by atoms with Crippen molar-refractivity contribution in [1.29, 1.82) is 0 Å². The zero-order valence-corrected chi connectivity index (χ0v) is 14.9. The predicted octanol–water partition coefficient (Wildman–Crippen LogP) is 2.45. The van der Waals surface area contributed by atoms with Crippen LogP contribution in [0.25, 0.3) is 0 Å². The van der Waals surface area contributed by atoms with Crippen LogP contribution in [-0.2, 0) is 4.79 Å². The summed E-state index contributed by atoms with van der Waals surface area (Å²) in [7, 11) is 3.31. The van der Waals surface area contributed by atoms with E-state index in [1.165, 1.54) is 17.0 Å². The number of carbonyl (C=O) groups is 1. The quantitative estimate of drug-likeness (QED) is 0.618. The molecule has 0 bridgehead atoms. The smallest absolute Gasteiger partial charge is 0.243 e. The number of aliphatic imine (C=N–C) groups is 1. The summed E-state index contributed by atoms with van der Waals surface area (Å²) in [4.78, 5) is 17.4. The van der Waals surface area contributed by atoms with Gasteiger partial charge in [0.05, 0.1) is 6.04 Å². The van der Waals surface area contributed by atoms with E-state index >= 15 is 0 Å². The molecular weight excluding hydrogens is 314 g/mol. The number of carbonyl (C=O) groups excluding carboxylic acids is 1.